The summed E-state index contributed by atoms with van der Waals surface area (Å²) in [5.74, 6) is 0.410. The van der Waals surface area contributed by atoms with Gasteiger partial charge >= 0.3 is 5.97 Å². The van der Waals surface area contributed by atoms with Crippen molar-refractivity contribution < 1.29 is 14.7 Å². The maximum atomic E-state index is 12.7. The van der Waals surface area contributed by atoms with E-state index in [-0.39, 0.29) is 17.7 Å². The molecular formula is C18H26N4O3. The molecule has 0 aromatic carbocycles. The number of aliphatic carboxylic acids is 1. The van der Waals surface area contributed by atoms with Crippen LogP contribution in [-0.2, 0) is 16.1 Å². The van der Waals surface area contributed by atoms with E-state index in [4.69, 9.17) is 0 Å². The summed E-state index contributed by atoms with van der Waals surface area (Å²) in [6.45, 7) is 4.73. The number of likely N-dealkylation sites (tertiary alicyclic amines) is 2. The average Bonchev–Trinajstić information content (AvgIpc) is 3.30. The highest BCUT2D eigenvalue weighted by atomic mass is 16.4. The number of carboxylic acids is 1. The van der Waals surface area contributed by atoms with Gasteiger partial charge in [0.05, 0.1) is 6.54 Å². The van der Waals surface area contributed by atoms with E-state index in [2.05, 4.69) is 14.9 Å². The summed E-state index contributed by atoms with van der Waals surface area (Å²) in [6.07, 6.45) is 5.96. The van der Waals surface area contributed by atoms with Crippen molar-refractivity contribution in [2.45, 2.75) is 39.2 Å². The highest BCUT2D eigenvalue weighted by Gasteiger charge is 2.58. The second-order valence-corrected chi connectivity index (χ2v) is 8.04. The van der Waals surface area contributed by atoms with Gasteiger partial charge < -0.3 is 15.0 Å². The van der Waals surface area contributed by atoms with Crippen molar-refractivity contribution in [3.05, 3.63) is 17.7 Å². The Balaban J connectivity index is 1.46. The van der Waals surface area contributed by atoms with E-state index in [1.807, 2.05) is 11.8 Å². The van der Waals surface area contributed by atoms with Crippen LogP contribution in [0.15, 0.2) is 6.20 Å². The number of H-pyrrole nitrogens is 1. The monoisotopic (exact) mass is 346 g/mol. The summed E-state index contributed by atoms with van der Waals surface area (Å²) >= 11 is 0. The SMILES string of the molecule is Cc1cnc(CN2C[C@H]3CN(C(=O)C4CCCC4)C[C@@]3(C(=O)O)C2)[nH]1. The third-order valence-corrected chi connectivity index (χ3v) is 6.25. The Labute approximate surface area is 147 Å². The second-order valence-electron chi connectivity index (χ2n) is 8.04. The van der Waals surface area contributed by atoms with E-state index in [9.17, 15) is 14.7 Å². The molecule has 0 bridgehead atoms. The standard InChI is InChI=1S/C18H26N4O3/c1-12-6-19-15(20-12)9-21-7-14-8-22(11-18(14,10-21)17(24)25)16(23)13-4-2-3-5-13/h6,13-14H,2-5,7-11H2,1H3,(H,19,20)(H,24,25)/t14-,18-/m0/s1. The van der Waals surface area contributed by atoms with Crippen molar-refractivity contribution in [2.24, 2.45) is 17.3 Å². The van der Waals surface area contributed by atoms with Gasteiger partial charge in [0.25, 0.3) is 0 Å². The first kappa shape index (κ1) is 16.6. The second kappa shape index (κ2) is 6.12. The molecule has 7 nitrogen and oxygen atoms in total. The van der Waals surface area contributed by atoms with Gasteiger partial charge in [-0.25, -0.2) is 4.98 Å². The van der Waals surface area contributed by atoms with Crippen LogP contribution in [0.1, 0.15) is 37.2 Å². The predicted octanol–water partition coefficient (Wildman–Crippen LogP) is 1.25. The minimum atomic E-state index is -0.824. The molecule has 4 rings (SSSR count). The molecule has 1 aliphatic carbocycles. The molecule has 0 radical (unpaired) electrons. The van der Waals surface area contributed by atoms with Gasteiger partial charge in [0.15, 0.2) is 0 Å². The van der Waals surface area contributed by atoms with E-state index < -0.39 is 11.4 Å². The van der Waals surface area contributed by atoms with Crippen molar-refractivity contribution >= 4 is 11.9 Å². The molecule has 25 heavy (non-hydrogen) atoms. The van der Waals surface area contributed by atoms with Gasteiger partial charge in [-0.2, -0.15) is 0 Å². The summed E-state index contributed by atoms with van der Waals surface area (Å²) in [6, 6.07) is 0. The molecule has 1 aromatic heterocycles. The van der Waals surface area contributed by atoms with E-state index >= 15 is 0 Å². The molecule has 2 aliphatic heterocycles. The highest BCUT2D eigenvalue weighted by molar-refractivity contribution is 5.83. The summed E-state index contributed by atoms with van der Waals surface area (Å²) in [4.78, 5) is 36.4. The molecule has 2 saturated heterocycles. The lowest BCUT2D eigenvalue weighted by Crippen LogP contribution is -2.43. The number of rotatable bonds is 4. The summed E-state index contributed by atoms with van der Waals surface area (Å²) in [5.41, 5.74) is 0.186. The third kappa shape index (κ3) is 2.84. The quantitative estimate of drug-likeness (QED) is 0.856. The maximum Gasteiger partial charge on any atom is 0.313 e. The van der Waals surface area contributed by atoms with Crippen LogP contribution >= 0.6 is 0 Å². The van der Waals surface area contributed by atoms with Crippen LogP contribution in [0.4, 0.5) is 0 Å². The first-order valence-electron chi connectivity index (χ1n) is 9.23. The van der Waals surface area contributed by atoms with Crippen molar-refractivity contribution in [2.75, 3.05) is 26.2 Å². The van der Waals surface area contributed by atoms with Gasteiger partial charge in [-0.15, -0.1) is 0 Å². The van der Waals surface area contributed by atoms with Crippen LogP contribution in [0, 0.1) is 24.2 Å². The largest absolute Gasteiger partial charge is 0.481 e. The van der Waals surface area contributed by atoms with Crippen LogP contribution in [0.25, 0.3) is 0 Å². The Morgan fingerprint density at radius 2 is 2.08 bits per heavy atom. The fraction of sp³-hybridized carbons (Fsp3) is 0.722. The molecule has 2 atom stereocenters. The van der Waals surface area contributed by atoms with Crippen molar-refractivity contribution in [1.82, 2.24) is 19.8 Å². The Kier molecular flexibility index (Phi) is 4.06. The number of hydrogen-bond acceptors (Lipinski definition) is 4. The number of imidazole rings is 1. The molecule has 3 fully saturated rings. The molecule has 136 valence electrons. The lowest BCUT2D eigenvalue weighted by Gasteiger charge is -2.26. The minimum absolute atomic E-state index is 0.00594. The number of carbonyl (C=O) groups is 2. The van der Waals surface area contributed by atoms with Crippen LogP contribution in [0.5, 0.6) is 0 Å². The highest BCUT2D eigenvalue weighted by Crippen LogP contribution is 2.44. The number of aryl methyl sites for hydroxylation is 1. The zero-order valence-electron chi connectivity index (χ0n) is 14.7. The fourth-order valence-corrected chi connectivity index (χ4v) is 4.95. The molecule has 1 aromatic rings. The fourth-order valence-electron chi connectivity index (χ4n) is 4.95. The Morgan fingerprint density at radius 3 is 2.68 bits per heavy atom. The van der Waals surface area contributed by atoms with Crippen LogP contribution < -0.4 is 0 Å². The lowest BCUT2D eigenvalue weighted by atomic mass is 9.81. The number of aromatic amines is 1. The predicted molar refractivity (Wildman–Crippen MR) is 90.7 cm³/mol. The average molecular weight is 346 g/mol. The number of nitrogens with one attached hydrogen (secondary N) is 1. The number of amides is 1. The molecule has 3 aliphatic rings. The third-order valence-electron chi connectivity index (χ3n) is 6.25. The van der Waals surface area contributed by atoms with Gasteiger partial charge in [0.1, 0.15) is 11.2 Å². The lowest BCUT2D eigenvalue weighted by molar-refractivity contribution is -0.149. The number of carbonyl (C=O) groups excluding carboxylic acids is 1. The normalized spacial score (nSPS) is 30.1. The Bertz CT molecular complexity index is 682. The van der Waals surface area contributed by atoms with Gasteiger partial charge in [0.2, 0.25) is 5.91 Å². The summed E-state index contributed by atoms with van der Waals surface area (Å²) < 4.78 is 0. The van der Waals surface area contributed by atoms with Gasteiger partial charge in [-0.3, -0.25) is 14.5 Å². The van der Waals surface area contributed by atoms with E-state index in [1.165, 1.54) is 0 Å². The zero-order valence-corrected chi connectivity index (χ0v) is 14.7. The number of hydrogen-bond donors (Lipinski definition) is 2. The van der Waals surface area contributed by atoms with Crippen LogP contribution in [-0.4, -0.2) is 62.9 Å². The molecular weight excluding hydrogens is 320 g/mol. The number of nitrogens with zero attached hydrogens (tertiary/aromatic N) is 3. The summed E-state index contributed by atoms with van der Waals surface area (Å²) in [7, 11) is 0. The Morgan fingerprint density at radius 1 is 1.32 bits per heavy atom. The first-order valence-corrected chi connectivity index (χ1v) is 9.23. The van der Waals surface area contributed by atoms with E-state index in [0.29, 0.717) is 32.7 Å². The molecule has 3 heterocycles. The number of carboxylic acid groups (broad SMARTS) is 1. The smallest absolute Gasteiger partial charge is 0.313 e. The first-order chi connectivity index (χ1) is 12.0. The van der Waals surface area contributed by atoms with Crippen molar-refractivity contribution in [3.63, 3.8) is 0 Å². The van der Waals surface area contributed by atoms with Gasteiger partial charge in [-0.1, -0.05) is 12.8 Å². The molecule has 0 spiro atoms. The van der Waals surface area contributed by atoms with Crippen molar-refractivity contribution in [3.8, 4) is 0 Å². The van der Waals surface area contributed by atoms with Crippen molar-refractivity contribution in [1.29, 1.82) is 0 Å². The zero-order chi connectivity index (χ0) is 17.6. The Hall–Kier alpha value is -1.89. The molecule has 1 saturated carbocycles. The van der Waals surface area contributed by atoms with E-state index in [1.54, 1.807) is 6.20 Å². The topological polar surface area (TPSA) is 89.5 Å². The van der Waals surface area contributed by atoms with Crippen LogP contribution in [0.2, 0.25) is 0 Å². The molecule has 2 N–H and O–H groups in total. The van der Waals surface area contributed by atoms with Crippen LogP contribution in [0.3, 0.4) is 0 Å². The number of aromatic nitrogens is 2. The van der Waals surface area contributed by atoms with Gasteiger partial charge in [0, 0.05) is 49.9 Å². The summed E-state index contributed by atoms with van der Waals surface area (Å²) in [5, 5.41) is 9.94. The molecule has 7 heteroatoms. The number of fused-ring (bicyclic) bond motifs is 1. The van der Waals surface area contributed by atoms with Gasteiger partial charge in [-0.05, 0) is 19.8 Å². The maximum absolute atomic E-state index is 12.7. The molecule has 1 amide bonds. The van der Waals surface area contributed by atoms with E-state index in [0.717, 1.165) is 37.2 Å². The minimum Gasteiger partial charge on any atom is -0.481 e. The molecule has 0 unspecified atom stereocenters.